The van der Waals surface area contributed by atoms with Gasteiger partial charge in [-0.2, -0.15) is 0 Å². The highest BCUT2D eigenvalue weighted by Crippen LogP contribution is 2.25. The van der Waals surface area contributed by atoms with Crippen LogP contribution in [-0.2, 0) is 10.0 Å². The summed E-state index contributed by atoms with van der Waals surface area (Å²) in [6.07, 6.45) is 3.08. The van der Waals surface area contributed by atoms with Gasteiger partial charge in [0, 0.05) is 23.6 Å². The van der Waals surface area contributed by atoms with Gasteiger partial charge in [-0.15, -0.1) is 0 Å². The average molecular weight is 321 g/mol. The molecule has 2 aromatic rings. The van der Waals surface area contributed by atoms with Gasteiger partial charge in [0.1, 0.15) is 10.6 Å². The van der Waals surface area contributed by atoms with Gasteiger partial charge in [0.2, 0.25) is 10.0 Å². The number of sulfonamides is 1. The van der Waals surface area contributed by atoms with Gasteiger partial charge in [0.05, 0.1) is 7.11 Å². The number of nitrogens with one attached hydrogen (secondary N) is 2. The molecule has 0 aliphatic carbocycles. The van der Waals surface area contributed by atoms with Crippen LogP contribution in [0.4, 0.5) is 5.69 Å². The molecule has 22 heavy (non-hydrogen) atoms. The van der Waals surface area contributed by atoms with Crippen LogP contribution in [0.2, 0.25) is 0 Å². The van der Waals surface area contributed by atoms with Gasteiger partial charge in [0.25, 0.3) is 5.91 Å². The second kappa shape index (κ2) is 6.54. The Bertz CT molecular complexity index is 776. The molecule has 0 spiro atoms. The van der Waals surface area contributed by atoms with Gasteiger partial charge in [0.15, 0.2) is 0 Å². The first-order valence-electron chi connectivity index (χ1n) is 6.31. The van der Waals surface area contributed by atoms with Crippen LogP contribution in [-0.4, -0.2) is 33.5 Å². The quantitative estimate of drug-likeness (QED) is 0.864. The van der Waals surface area contributed by atoms with Crippen LogP contribution in [0.3, 0.4) is 0 Å². The van der Waals surface area contributed by atoms with Crippen molar-refractivity contribution in [2.75, 3.05) is 19.5 Å². The molecule has 1 heterocycles. The Labute approximate surface area is 128 Å². The number of hydrogen-bond donors (Lipinski definition) is 2. The van der Waals surface area contributed by atoms with Crippen LogP contribution in [0.15, 0.2) is 47.6 Å². The van der Waals surface area contributed by atoms with E-state index < -0.39 is 15.9 Å². The summed E-state index contributed by atoms with van der Waals surface area (Å²) in [5.74, 6) is -0.267. The molecule has 1 aromatic carbocycles. The first-order valence-corrected chi connectivity index (χ1v) is 7.79. The molecule has 2 rings (SSSR count). The molecule has 0 aliphatic rings. The Balaban J connectivity index is 2.36. The van der Waals surface area contributed by atoms with Crippen molar-refractivity contribution in [1.82, 2.24) is 9.71 Å². The molecule has 1 amide bonds. The van der Waals surface area contributed by atoms with E-state index in [1.54, 1.807) is 24.5 Å². The summed E-state index contributed by atoms with van der Waals surface area (Å²) in [6, 6.07) is 7.45. The van der Waals surface area contributed by atoms with Gasteiger partial charge < -0.3 is 10.1 Å². The van der Waals surface area contributed by atoms with Crippen molar-refractivity contribution in [3.05, 3.63) is 48.3 Å². The third kappa shape index (κ3) is 3.41. The molecule has 116 valence electrons. The largest absolute Gasteiger partial charge is 0.495 e. The van der Waals surface area contributed by atoms with Crippen molar-refractivity contribution >= 4 is 21.6 Å². The van der Waals surface area contributed by atoms with Crippen LogP contribution in [0.1, 0.15) is 10.4 Å². The summed E-state index contributed by atoms with van der Waals surface area (Å²) in [6.45, 7) is 0. The monoisotopic (exact) mass is 321 g/mol. The van der Waals surface area contributed by atoms with Gasteiger partial charge >= 0.3 is 0 Å². The van der Waals surface area contributed by atoms with E-state index in [1.165, 1.54) is 32.4 Å². The molecule has 0 radical (unpaired) electrons. The van der Waals surface area contributed by atoms with Gasteiger partial charge in [-0.25, -0.2) is 13.1 Å². The highest BCUT2D eigenvalue weighted by atomic mass is 32.2. The van der Waals surface area contributed by atoms with E-state index in [2.05, 4.69) is 15.0 Å². The fraction of sp³-hybridized carbons (Fsp3) is 0.143. The van der Waals surface area contributed by atoms with Crippen molar-refractivity contribution in [2.45, 2.75) is 4.90 Å². The lowest BCUT2D eigenvalue weighted by molar-refractivity contribution is 0.102. The summed E-state index contributed by atoms with van der Waals surface area (Å²) in [5.41, 5.74) is 0.764. The van der Waals surface area contributed by atoms with Gasteiger partial charge in [-0.3, -0.25) is 9.78 Å². The fourth-order valence-electron chi connectivity index (χ4n) is 1.78. The predicted octanol–water partition coefficient (Wildman–Crippen LogP) is 1.25. The van der Waals surface area contributed by atoms with E-state index in [1.807, 2.05) is 0 Å². The zero-order valence-electron chi connectivity index (χ0n) is 12.0. The smallest absolute Gasteiger partial charge is 0.255 e. The summed E-state index contributed by atoms with van der Waals surface area (Å²) in [4.78, 5) is 15.9. The maximum absolute atomic E-state index is 12.2. The molecule has 2 N–H and O–H groups in total. The normalized spacial score (nSPS) is 11.0. The van der Waals surface area contributed by atoms with E-state index >= 15 is 0 Å². The minimum atomic E-state index is -3.73. The Morgan fingerprint density at radius 2 is 1.86 bits per heavy atom. The predicted molar refractivity (Wildman–Crippen MR) is 81.4 cm³/mol. The third-order valence-electron chi connectivity index (χ3n) is 2.92. The van der Waals surface area contributed by atoms with Crippen LogP contribution in [0, 0.1) is 0 Å². The number of pyridine rings is 1. The summed E-state index contributed by atoms with van der Waals surface area (Å²) >= 11 is 0. The number of aromatic nitrogens is 1. The Morgan fingerprint density at radius 3 is 2.45 bits per heavy atom. The van der Waals surface area contributed by atoms with Crippen LogP contribution >= 0.6 is 0 Å². The van der Waals surface area contributed by atoms with Gasteiger partial charge in [-0.05, 0) is 37.4 Å². The molecule has 0 aliphatic heterocycles. The van der Waals surface area contributed by atoms with Crippen molar-refractivity contribution in [2.24, 2.45) is 0 Å². The first-order chi connectivity index (χ1) is 10.5. The molecule has 0 bridgehead atoms. The number of amides is 1. The van der Waals surface area contributed by atoms with Crippen LogP contribution < -0.4 is 14.8 Å². The second-order valence-corrected chi connectivity index (χ2v) is 6.12. The van der Waals surface area contributed by atoms with Gasteiger partial charge in [-0.1, -0.05) is 0 Å². The zero-order chi connectivity index (χ0) is 16.2. The van der Waals surface area contributed by atoms with E-state index in [9.17, 15) is 13.2 Å². The molecule has 1 aromatic heterocycles. The number of methoxy groups -OCH3 is 1. The van der Waals surface area contributed by atoms with Crippen LogP contribution in [0.5, 0.6) is 5.75 Å². The number of anilines is 1. The molecule has 0 unspecified atom stereocenters. The Hall–Kier alpha value is -2.45. The maximum Gasteiger partial charge on any atom is 0.255 e. The number of rotatable bonds is 5. The van der Waals surface area contributed by atoms with E-state index in [4.69, 9.17) is 4.74 Å². The lowest BCUT2D eigenvalue weighted by atomic mass is 10.2. The highest BCUT2D eigenvalue weighted by molar-refractivity contribution is 7.89. The lowest BCUT2D eigenvalue weighted by Crippen LogP contribution is -2.20. The molecular formula is C14H15N3O4S. The zero-order valence-corrected chi connectivity index (χ0v) is 12.8. The molecule has 0 fully saturated rings. The fourth-order valence-corrected chi connectivity index (χ4v) is 2.69. The second-order valence-electron chi connectivity index (χ2n) is 4.26. The molecule has 0 saturated heterocycles. The molecule has 0 saturated carbocycles. The number of carbonyl (C=O) groups is 1. The van der Waals surface area contributed by atoms with Crippen molar-refractivity contribution in [3.63, 3.8) is 0 Å². The standard InChI is InChI=1S/C14H15N3O4S/c1-15-22(19,20)13-9-10(3-4-12(13)21-2)14(18)17-11-5-7-16-8-6-11/h3-9,15H,1-2H3,(H,16,17,18). The van der Waals surface area contributed by atoms with E-state index in [0.717, 1.165) is 0 Å². The third-order valence-corrected chi connectivity index (χ3v) is 4.36. The lowest BCUT2D eigenvalue weighted by Gasteiger charge is -2.11. The summed E-state index contributed by atoms with van der Waals surface area (Å²) in [7, 11) is -1.08. The highest BCUT2D eigenvalue weighted by Gasteiger charge is 2.20. The number of hydrogen-bond acceptors (Lipinski definition) is 5. The molecule has 8 heteroatoms. The minimum Gasteiger partial charge on any atom is -0.495 e. The first kappa shape index (κ1) is 15.9. The summed E-state index contributed by atoms with van der Waals surface area (Å²) < 4.78 is 31.2. The van der Waals surface area contributed by atoms with Crippen LogP contribution in [0.25, 0.3) is 0 Å². The van der Waals surface area contributed by atoms with E-state index in [0.29, 0.717) is 5.69 Å². The van der Waals surface area contributed by atoms with Crippen molar-refractivity contribution in [3.8, 4) is 5.75 Å². The van der Waals surface area contributed by atoms with E-state index in [-0.39, 0.29) is 16.2 Å². The van der Waals surface area contributed by atoms with Crippen molar-refractivity contribution in [1.29, 1.82) is 0 Å². The summed E-state index contributed by atoms with van der Waals surface area (Å²) in [5, 5.41) is 2.66. The molecule has 0 atom stereocenters. The minimum absolute atomic E-state index is 0.0973. The molecule has 7 nitrogen and oxygen atoms in total. The topological polar surface area (TPSA) is 97.4 Å². The maximum atomic E-state index is 12.2. The Morgan fingerprint density at radius 1 is 1.18 bits per heavy atom. The molecular weight excluding hydrogens is 306 g/mol. The SMILES string of the molecule is CNS(=O)(=O)c1cc(C(=O)Nc2ccncc2)ccc1OC. The number of nitrogens with zero attached hydrogens (tertiary/aromatic N) is 1. The Kier molecular flexibility index (Phi) is 4.74. The number of benzene rings is 1. The number of ether oxygens (including phenoxy) is 1. The average Bonchev–Trinajstić information content (AvgIpc) is 2.55. The number of carbonyl (C=O) groups excluding carboxylic acids is 1. The van der Waals surface area contributed by atoms with Crippen molar-refractivity contribution < 1.29 is 17.9 Å².